The zero-order valence-electron chi connectivity index (χ0n) is 10.6. The number of benzene rings is 1. The number of halogens is 1. The van der Waals surface area contributed by atoms with Crippen LogP contribution in [0.1, 0.15) is 37.7 Å². The van der Waals surface area contributed by atoms with Crippen molar-refractivity contribution in [1.29, 1.82) is 0 Å². The van der Waals surface area contributed by atoms with Gasteiger partial charge in [-0.05, 0) is 31.9 Å². The molecule has 0 amide bonds. The normalized spacial score (nSPS) is 23.5. The zero-order valence-corrected chi connectivity index (χ0v) is 12.2. The molecule has 0 bridgehead atoms. The molecule has 2 rings (SSSR count). The molecule has 1 fully saturated rings. The monoisotopic (exact) mass is 295 g/mol. The Morgan fingerprint density at radius 3 is 2.71 bits per heavy atom. The van der Waals surface area contributed by atoms with Crippen molar-refractivity contribution < 1.29 is 0 Å². The average molecular weight is 296 g/mol. The van der Waals surface area contributed by atoms with Gasteiger partial charge in [-0.15, -0.1) is 0 Å². The molecule has 1 aromatic rings. The van der Waals surface area contributed by atoms with Crippen LogP contribution in [0.25, 0.3) is 0 Å². The molecule has 1 saturated heterocycles. The maximum Gasteiger partial charge on any atom is 0.0112 e. The van der Waals surface area contributed by atoms with Gasteiger partial charge in [-0.2, -0.15) is 0 Å². The van der Waals surface area contributed by atoms with Crippen LogP contribution in [-0.2, 0) is 0 Å². The highest BCUT2D eigenvalue weighted by Crippen LogP contribution is 2.24. The van der Waals surface area contributed by atoms with Crippen LogP contribution < -0.4 is 0 Å². The second-order valence-corrected chi connectivity index (χ2v) is 5.75. The lowest BCUT2D eigenvalue weighted by Gasteiger charge is -2.35. The van der Waals surface area contributed by atoms with Gasteiger partial charge in [0.05, 0.1) is 0 Å². The van der Waals surface area contributed by atoms with Gasteiger partial charge >= 0.3 is 0 Å². The Morgan fingerprint density at radius 1 is 1.29 bits per heavy atom. The predicted octanol–water partition coefficient (Wildman–Crippen LogP) is 4.04. The minimum atomic E-state index is 0.622. The van der Waals surface area contributed by atoms with Crippen LogP contribution in [0.5, 0.6) is 0 Å². The molecular weight excluding hydrogens is 274 g/mol. The third-order valence-corrected chi connectivity index (χ3v) is 4.63. The van der Waals surface area contributed by atoms with Crippen molar-refractivity contribution in [2.24, 2.45) is 0 Å². The standard InChI is InChI=1S/C15H22BrN/c1-13-7-5-6-10-17(13)12-15(11-16)14-8-3-2-4-9-14/h2-4,8-9,13,15H,5-7,10-12H2,1H3. The van der Waals surface area contributed by atoms with Crippen molar-refractivity contribution in [3.8, 4) is 0 Å². The van der Waals surface area contributed by atoms with E-state index in [1.54, 1.807) is 0 Å². The molecule has 17 heavy (non-hydrogen) atoms. The second-order valence-electron chi connectivity index (χ2n) is 5.10. The molecule has 0 radical (unpaired) electrons. The van der Waals surface area contributed by atoms with E-state index in [4.69, 9.17) is 0 Å². The molecule has 0 saturated carbocycles. The maximum atomic E-state index is 3.67. The maximum absolute atomic E-state index is 3.67. The summed E-state index contributed by atoms with van der Waals surface area (Å²) in [6, 6.07) is 11.6. The molecule has 2 unspecified atom stereocenters. The molecule has 0 aliphatic carbocycles. The highest BCUT2D eigenvalue weighted by molar-refractivity contribution is 9.09. The summed E-state index contributed by atoms with van der Waals surface area (Å²) in [7, 11) is 0. The number of hydrogen-bond acceptors (Lipinski definition) is 1. The minimum Gasteiger partial charge on any atom is -0.300 e. The van der Waals surface area contributed by atoms with Crippen molar-refractivity contribution in [1.82, 2.24) is 4.90 Å². The summed E-state index contributed by atoms with van der Waals surface area (Å²) in [5, 5.41) is 1.06. The summed E-state index contributed by atoms with van der Waals surface area (Å²) in [5.74, 6) is 0.622. The highest BCUT2D eigenvalue weighted by atomic mass is 79.9. The molecule has 2 atom stereocenters. The van der Waals surface area contributed by atoms with Crippen LogP contribution in [0.15, 0.2) is 30.3 Å². The molecule has 1 heterocycles. The molecular formula is C15H22BrN. The number of alkyl halides is 1. The second kappa shape index (κ2) is 6.55. The Kier molecular flexibility index (Phi) is 5.05. The van der Waals surface area contributed by atoms with E-state index in [-0.39, 0.29) is 0 Å². The van der Waals surface area contributed by atoms with Crippen LogP contribution in [0.3, 0.4) is 0 Å². The third-order valence-electron chi connectivity index (χ3n) is 3.85. The number of likely N-dealkylation sites (tertiary alicyclic amines) is 1. The molecule has 2 heteroatoms. The zero-order chi connectivity index (χ0) is 12.1. The number of piperidine rings is 1. The van der Waals surface area contributed by atoms with E-state index in [1.807, 2.05) is 0 Å². The van der Waals surface area contributed by atoms with Gasteiger partial charge in [0.15, 0.2) is 0 Å². The van der Waals surface area contributed by atoms with E-state index >= 15 is 0 Å². The van der Waals surface area contributed by atoms with Crippen molar-refractivity contribution in [2.45, 2.75) is 38.1 Å². The van der Waals surface area contributed by atoms with Crippen LogP contribution in [-0.4, -0.2) is 29.4 Å². The summed E-state index contributed by atoms with van der Waals surface area (Å²) < 4.78 is 0. The molecule has 94 valence electrons. The summed E-state index contributed by atoms with van der Waals surface area (Å²) in [6.45, 7) is 4.84. The van der Waals surface area contributed by atoms with Crippen molar-refractivity contribution >= 4 is 15.9 Å². The lowest BCUT2D eigenvalue weighted by Crippen LogP contribution is -2.40. The molecule has 1 nitrogen and oxygen atoms in total. The van der Waals surface area contributed by atoms with Gasteiger partial charge in [-0.1, -0.05) is 52.7 Å². The minimum absolute atomic E-state index is 0.622. The first-order valence-electron chi connectivity index (χ1n) is 6.66. The first-order valence-corrected chi connectivity index (χ1v) is 7.78. The molecule has 1 aliphatic heterocycles. The smallest absolute Gasteiger partial charge is 0.0112 e. The predicted molar refractivity (Wildman–Crippen MR) is 77.9 cm³/mol. The Bertz CT molecular complexity index is 325. The quantitative estimate of drug-likeness (QED) is 0.758. The van der Waals surface area contributed by atoms with Gasteiger partial charge in [0.1, 0.15) is 0 Å². The highest BCUT2D eigenvalue weighted by Gasteiger charge is 2.21. The summed E-state index contributed by atoms with van der Waals surface area (Å²) in [6.07, 6.45) is 4.14. The van der Waals surface area contributed by atoms with E-state index < -0.39 is 0 Å². The fraction of sp³-hybridized carbons (Fsp3) is 0.600. The molecule has 1 aromatic carbocycles. The molecule has 0 aromatic heterocycles. The fourth-order valence-corrected chi connectivity index (χ4v) is 3.26. The topological polar surface area (TPSA) is 3.24 Å². The van der Waals surface area contributed by atoms with Gasteiger partial charge in [-0.25, -0.2) is 0 Å². The largest absolute Gasteiger partial charge is 0.300 e. The van der Waals surface area contributed by atoms with Crippen LogP contribution in [0, 0.1) is 0 Å². The first-order chi connectivity index (χ1) is 8.31. The Labute approximate surface area is 113 Å². The summed E-state index contributed by atoms with van der Waals surface area (Å²) in [4.78, 5) is 2.66. The van der Waals surface area contributed by atoms with E-state index in [2.05, 4.69) is 58.1 Å². The van der Waals surface area contributed by atoms with Gasteiger partial charge in [0.25, 0.3) is 0 Å². The van der Waals surface area contributed by atoms with Crippen molar-refractivity contribution in [3.05, 3.63) is 35.9 Å². The van der Waals surface area contributed by atoms with Gasteiger partial charge in [-0.3, -0.25) is 0 Å². The van der Waals surface area contributed by atoms with Crippen molar-refractivity contribution in [2.75, 3.05) is 18.4 Å². The Hall–Kier alpha value is -0.340. The van der Waals surface area contributed by atoms with Gasteiger partial charge < -0.3 is 4.90 Å². The Morgan fingerprint density at radius 2 is 2.06 bits per heavy atom. The fourth-order valence-electron chi connectivity index (χ4n) is 2.68. The van der Waals surface area contributed by atoms with E-state index in [0.29, 0.717) is 5.92 Å². The van der Waals surface area contributed by atoms with Crippen LogP contribution in [0.2, 0.25) is 0 Å². The summed E-state index contributed by atoms with van der Waals surface area (Å²) in [5.41, 5.74) is 1.46. The number of nitrogens with zero attached hydrogens (tertiary/aromatic N) is 1. The van der Waals surface area contributed by atoms with Gasteiger partial charge in [0, 0.05) is 23.8 Å². The van der Waals surface area contributed by atoms with E-state index in [0.717, 1.165) is 11.4 Å². The lowest BCUT2D eigenvalue weighted by molar-refractivity contribution is 0.154. The van der Waals surface area contributed by atoms with Gasteiger partial charge in [0.2, 0.25) is 0 Å². The molecule has 1 aliphatic rings. The molecule has 0 N–H and O–H groups in total. The summed E-state index contributed by atoms with van der Waals surface area (Å²) >= 11 is 3.67. The van der Waals surface area contributed by atoms with E-state index in [9.17, 15) is 0 Å². The lowest BCUT2D eigenvalue weighted by atomic mass is 9.97. The Balaban J connectivity index is 1.99. The number of hydrogen-bond donors (Lipinski definition) is 0. The number of rotatable bonds is 4. The van der Waals surface area contributed by atoms with E-state index in [1.165, 1.54) is 37.9 Å². The molecule has 0 spiro atoms. The SMILES string of the molecule is CC1CCCCN1CC(CBr)c1ccccc1. The van der Waals surface area contributed by atoms with Crippen LogP contribution >= 0.6 is 15.9 Å². The van der Waals surface area contributed by atoms with Crippen molar-refractivity contribution in [3.63, 3.8) is 0 Å². The first kappa shape index (κ1) is 13.1. The van der Waals surface area contributed by atoms with Crippen LogP contribution in [0.4, 0.5) is 0 Å². The third kappa shape index (κ3) is 3.56. The average Bonchev–Trinajstić information content (AvgIpc) is 2.39.